The number of carbonyl (C=O) groups is 1. The first-order valence-electron chi connectivity index (χ1n) is 7.50. The second-order valence-electron chi connectivity index (χ2n) is 5.34. The Bertz CT molecular complexity index is 844. The number of aromatic nitrogens is 2. The van der Waals surface area contributed by atoms with Gasteiger partial charge >= 0.3 is 0 Å². The first-order chi connectivity index (χ1) is 11.6. The number of hydrogen-bond acceptors (Lipinski definition) is 5. The second kappa shape index (κ2) is 6.95. The molecule has 0 spiro atoms. The van der Waals surface area contributed by atoms with E-state index in [9.17, 15) is 4.79 Å². The van der Waals surface area contributed by atoms with Crippen LogP contribution in [0.25, 0.3) is 0 Å². The molecular weight excluding hydrogens is 306 g/mol. The first-order valence-corrected chi connectivity index (χ1v) is 7.50. The van der Waals surface area contributed by atoms with Crippen molar-refractivity contribution in [3.05, 3.63) is 71.2 Å². The Morgan fingerprint density at radius 3 is 2.75 bits per heavy atom. The minimum absolute atomic E-state index is 0.198. The van der Waals surface area contributed by atoms with Gasteiger partial charge in [-0.2, -0.15) is 0 Å². The van der Waals surface area contributed by atoms with Crippen molar-refractivity contribution < 1.29 is 14.1 Å². The molecule has 0 saturated heterocycles. The number of benzene rings is 1. The molecule has 3 aromatic rings. The summed E-state index contributed by atoms with van der Waals surface area (Å²) >= 11 is 0. The third-order valence-electron chi connectivity index (χ3n) is 3.48. The van der Waals surface area contributed by atoms with Crippen molar-refractivity contribution >= 4 is 11.7 Å². The molecule has 1 N–H and O–H groups in total. The fraction of sp³-hybridized carbons (Fsp3) is 0.167. The summed E-state index contributed by atoms with van der Waals surface area (Å²) in [4.78, 5) is 16.6. The van der Waals surface area contributed by atoms with Gasteiger partial charge in [0.15, 0.2) is 5.69 Å². The maximum atomic E-state index is 12.4. The predicted molar refractivity (Wildman–Crippen MR) is 88.9 cm³/mol. The van der Waals surface area contributed by atoms with Gasteiger partial charge in [-0.05, 0) is 43.7 Å². The van der Waals surface area contributed by atoms with Crippen molar-refractivity contribution in [3.63, 3.8) is 0 Å². The topological polar surface area (TPSA) is 77.3 Å². The predicted octanol–water partition coefficient (Wildman–Crippen LogP) is 3.52. The molecule has 6 nitrogen and oxygen atoms in total. The molecule has 1 aromatic carbocycles. The Hall–Kier alpha value is -3.15. The van der Waals surface area contributed by atoms with Gasteiger partial charge in [0.2, 0.25) is 0 Å². The highest BCUT2D eigenvalue weighted by molar-refractivity contribution is 6.03. The van der Waals surface area contributed by atoms with Crippen LogP contribution in [0, 0.1) is 13.8 Å². The number of rotatable bonds is 5. The molecule has 122 valence electrons. The molecule has 0 saturated carbocycles. The number of anilines is 1. The Kier molecular flexibility index (Phi) is 4.56. The summed E-state index contributed by atoms with van der Waals surface area (Å²) < 4.78 is 10.9. The number of para-hydroxylation sites is 1. The van der Waals surface area contributed by atoms with Crippen molar-refractivity contribution in [1.82, 2.24) is 10.1 Å². The molecule has 1 amide bonds. The summed E-state index contributed by atoms with van der Waals surface area (Å²) in [6, 6.07) is 13.0. The van der Waals surface area contributed by atoms with Gasteiger partial charge in [-0.15, -0.1) is 0 Å². The van der Waals surface area contributed by atoms with Gasteiger partial charge in [0, 0.05) is 6.20 Å². The van der Waals surface area contributed by atoms with E-state index in [-0.39, 0.29) is 18.2 Å². The summed E-state index contributed by atoms with van der Waals surface area (Å²) in [6.45, 7) is 3.87. The van der Waals surface area contributed by atoms with Crippen molar-refractivity contribution in [2.45, 2.75) is 20.5 Å². The molecule has 0 radical (unpaired) electrons. The van der Waals surface area contributed by atoms with Crippen LogP contribution in [-0.4, -0.2) is 16.0 Å². The SMILES string of the molecule is Cc1ccnc(NC(=O)c2noc(C)c2COc2ccccc2)c1. The van der Waals surface area contributed by atoms with Crippen LogP contribution < -0.4 is 10.1 Å². The zero-order valence-corrected chi connectivity index (χ0v) is 13.4. The Morgan fingerprint density at radius 2 is 2.00 bits per heavy atom. The summed E-state index contributed by atoms with van der Waals surface area (Å²) in [7, 11) is 0. The molecule has 0 unspecified atom stereocenters. The van der Waals surface area contributed by atoms with Gasteiger partial charge in [-0.25, -0.2) is 4.98 Å². The molecule has 0 aliphatic rings. The second-order valence-corrected chi connectivity index (χ2v) is 5.34. The monoisotopic (exact) mass is 323 g/mol. The number of nitrogens with zero attached hydrogens (tertiary/aromatic N) is 2. The standard InChI is InChI=1S/C18H17N3O3/c1-12-8-9-19-16(10-12)20-18(22)17-15(13(2)24-21-17)11-23-14-6-4-3-5-7-14/h3-10H,11H2,1-2H3,(H,19,20,22). The van der Waals surface area contributed by atoms with E-state index in [1.807, 2.05) is 43.3 Å². The lowest BCUT2D eigenvalue weighted by Gasteiger charge is -2.07. The van der Waals surface area contributed by atoms with E-state index in [1.54, 1.807) is 19.2 Å². The van der Waals surface area contributed by atoms with Crippen LogP contribution in [0.4, 0.5) is 5.82 Å². The Labute approximate surface area is 139 Å². The molecule has 0 aliphatic carbocycles. The molecule has 0 fully saturated rings. The maximum absolute atomic E-state index is 12.4. The average Bonchev–Trinajstić information content (AvgIpc) is 2.95. The average molecular weight is 323 g/mol. The van der Waals surface area contributed by atoms with Crippen LogP contribution in [-0.2, 0) is 6.61 Å². The molecule has 0 atom stereocenters. The molecule has 24 heavy (non-hydrogen) atoms. The van der Waals surface area contributed by atoms with E-state index in [1.165, 1.54) is 0 Å². The largest absolute Gasteiger partial charge is 0.489 e. The number of amides is 1. The van der Waals surface area contributed by atoms with Gasteiger partial charge in [0.05, 0.1) is 5.56 Å². The Balaban J connectivity index is 1.75. The fourth-order valence-corrected chi connectivity index (χ4v) is 2.19. The zero-order valence-electron chi connectivity index (χ0n) is 13.4. The van der Waals surface area contributed by atoms with Crippen molar-refractivity contribution in [2.24, 2.45) is 0 Å². The highest BCUT2D eigenvalue weighted by Crippen LogP contribution is 2.18. The van der Waals surface area contributed by atoms with E-state index >= 15 is 0 Å². The number of ether oxygens (including phenoxy) is 1. The first kappa shape index (κ1) is 15.7. The summed E-state index contributed by atoms with van der Waals surface area (Å²) in [5.74, 6) is 1.35. The number of hydrogen-bond donors (Lipinski definition) is 1. The molecule has 0 aliphatic heterocycles. The fourth-order valence-electron chi connectivity index (χ4n) is 2.19. The molecule has 0 bridgehead atoms. The maximum Gasteiger partial charge on any atom is 0.279 e. The molecule has 2 heterocycles. The minimum Gasteiger partial charge on any atom is -0.489 e. The lowest BCUT2D eigenvalue weighted by atomic mass is 10.2. The quantitative estimate of drug-likeness (QED) is 0.777. The normalized spacial score (nSPS) is 10.4. The molecular formula is C18H17N3O3. The zero-order chi connectivity index (χ0) is 16.9. The summed E-state index contributed by atoms with van der Waals surface area (Å²) in [5, 5.41) is 6.57. The van der Waals surface area contributed by atoms with Crippen LogP contribution in [0.5, 0.6) is 5.75 Å². The van der Waals surface area contributed by atoms with Gasteiger partial charge in [-0.3, -0.25) is 4.79 Å². The van der Waals surface area contributed by atoms with E-state index in [0.717, 1.165) is 5.56 Å². The third-order valence-corrected chi connectivity index (χ3v) is 3.48. The van der Waals surface area contributed by atoms with Gasteiger partial charge < -0.3 is 14.6 Å². The van der Waals surface area contributed by atoms with Crippen LogP contribution in [0.3, 0.4) is 0 Å². The van der Waals surface area contributed by atoms with Crippen LogP contribution >= 0.6 is 0 Å². The number of aryl methyl sites for hydroxylation is 2. The van der Waals surface area contributed by atoms with E-state index in [2.05, 4.69) is 15.5 Å². The smallest absolute Gasteiger partial charge is 0.279 e. The third kappa shape index (κ3) is 3.60. The lowest BCUT2D eigenvalue weighted by molar-refractivity contribution is 0.101. The number of nitrogens with one attached hydrogen (secondary N) is 1. The highest BCUT2D eigenvalue weighted by atomic mass is 16.5. The summed E-state index contributed by atoms with van der Waals surface area (Å²) in [6.07, 6.45) is 1.64. The van der Waals surface area contributed by atoms with Crippen LogP contribution in [0.2, 0.25) is 0 Å². The van der Waals surface area contributed by atoms with Crippen LogP contribution in [0.1, 0.15) is 27.4 Å². The van der Waals surface area contributed by atoms with Gasteiger partial charge in [0.1, 0.15) is 23.9 Å². The highest BCUT2D eigenvalue weighted by Gasteiger charge is 2.20. The van der Waals surface area contributed by atoms with E-state index in [4.69, 9.17) is 9.26 Å². The lowest BCUT2D eigenvalue weighted by Crippen LogP contribution is -2.16. The van der Waals surface area contributed by atoms with Gasteiger partial charge in [0.25, 0.3) is 5.91 Å². The van der Waals surface area contributed by atoms with Crippen molar-refractivity contribution in [3.8, 4) is 5.75 Å². The van der Waals surface area contributed by atoms with Crippen molar-refractivity contribution in [2.75, 3.05) is 5.32 Å². The number of carbonyl (C=O) groups excluding carboxylic acids is 1. The van der Waals surface area contributed by atoms with Crippen molar-refractivity contribution in [1.29, 1.82) is 0 Å². The minimum atomic E-state index is -0.378. The van der Waals surface area contributed by atoms with Crippen LogP contribution in [0.15, 0.2) is 53.2 Å². The van der Waals surface area contributed by atoms with E-state index in [0.29, 0.717) is 22.9 Å². The molecule has 6 heteroatoms. The molecule has 2 aromatic heterocycles. The Morgan fingerprint density at radius 1 is 1.21 bits per heavy atom. The molecule has 3 rings (SSSR count). The van der Waals surface area contributed by atoms with Gasteiger partial charge in [-0.1, -0.05) is 23.4 Å². The van der Waals surface area contributed by atoms with E-state index < -0.39 is 0 Å². The number of pyridine rings is 1. The summed E-state index contributed by atoms with van der Waals surface area (Å²) in [5.41, 5.74) is 1.82.